The minimum absolute atomic E-state index is 0.245. The average molecular weight is 322 g/mol. The normalized spacial score (nSPS) is 17.5. The molecule has 0 spiro atoms. The summed E-state index contributed by atoms with van der Waals surface area (Å²) in [6.45, 7) is 2.83. The Morgan fingerprint density at radius 3 is 2.41 bits per heavy atom. The van der Waals surface area contributed by atoms with Gasteiger partial charge in [0.2, 0.25) is 10.0 Å². The Morgan fingerprint density at radius 2 is 1.82 bits per heavy atom. The molecule has 1 aromatic rings. The van der Waals surface area contributed by atoms with E-state index in [1.165, 1.54) is 16.4 Å². The molecule has 0 saturated carbocycles. The van der Waals surface area contributed by atoms with Crippen molar-refractivity contribution in [2.45, 2.75) is 37.5 Å². The summed E-state index contributed by atoms with van der Waals surface area (Å²) in [6, 6.07) is 4.91. The van der Waals surface area contributed by atoms with E-state index >= 15 is 0 Å². The number of nitrogens with zero attached hydrogens (tertiary/aromatic N) is 1. The van der Waals surface area contributed by atoms with Crippen LogP contribution in [0.2, 0.25) is 0 Å². The van der Waals surface area contributed by atoms with Gasteiger partial charge in [0.25, 0.3) is 0 Å². The van der Waals surface area contributed by atoms with Crippen LogP contribution in [0, 0.1) is 6.92 Å². The van der Waals surface area contributed by atoms with Crippen LogP contribution in [0.5, 0.6) is 0 Å². The summed E-state index contributed by atoms with van der Waals surface area (Å²) >= 11 is 0. The first-order chi connectivity index (χ1) is 10.4. The van der Waals surface area contributed by atoms with Crippen LogP contribution in [0.4, 0.5) is 0 Å². The van der Waals surface area contributed by atoms with Crippen molar-refractivity contribution in [1.29, 1.82) is 0 Å². The molecule has 0 amide bonds. The van der Waals surface area contributed by atoms with Crippen molar-refractivity contribution in [2.75, 3.05) is 13.1 Å². The maximum Gasteiger partial charge on any atom is 0.243 e. The first-order valence-corrected chi connectivity index (χ1v) is 8.85. The lowest BCUT2D eigenvalue weighted by molar-refractivity contribution is -0.297. The number of aliphatic carboxylic acids is 1. The number of hydrogen-bond donors (Lipinski definition) is 0. The highest BCUT2D eigenvalue weighted by molar-refractivity contribution is 7.89. The maximum atomic E-state index is 12.8. The molecule has 120 valence electrons. The lowest BCUT2D eigenvalue weighted by atomic mass is 10.1. The summed E-state index contributed by atoms with van der Waals surface area (Å²) in [5.41, 5.74) is 1.19. The van der Waals surface area contributed by atoms with Crippen LogP contribution in [-0.2, 0) is 14.8 Å². The van der Waals surface area contributed by atoms with E-state index in [1.807, 2.05) is 0 Å². The van der Waals surface area contributed by atoms with Crippen LogP contribution in [-0.4, -0.2) is 31.8 Å². The van der Waals surface area contributed by atoms with Gasteiger partial charge < -0.3 is 9.90 Å². The van der Waals surface area contributed by atoms with Gasteiger partial charge in [-0.3, -0.25) is 0 Å². The van der Waals surface area contributed by atoms with E-state index in [0.717, 1.165) is 31.8 Å². The molecule has 0 aromatic heterocycles. The number of benzene rings is 1. The Labute approximate surface area is 131 Å². The van der Waals surface area contributed by atoms with Gasteiger partial charge in [-0.05, 0) is 43.0 Å². The van der Waals surface area contributed by atoms with Gasteiger partial charge >= 0.3 is 0 Å². The fourth-order valence-corrected chi connectivity index (χ4v) is 4.36. The maximum absolute atomic E-state index is 12.8. The van der Waals surface area contributed by atoms with Gasteiger partial charge in [-0.25, -0.2) is 8.42 Å². The number of carboxylic acid groups (broad SMARTS) is 1. The third-order valence-electron chi connectivity index (χ3n) is 3.81. The van der Waals surface area contributed by atoms with Gasteiger partial charge in [-0.2, -0.15) is 4.31 Å². The number of aryl methyl sites for hydroxylation is 1. The van der Waals surface area contributed by atoms with E-state index in [-0.39, 0.29) is 4.90 Å². The largest absolute Gasteiger partial charge is 0.545 e. The van der Waals surface area contributed by atoms with E-state index in [1.54, 1.807) is 19.1 Å². The molecule has 0 bridgehead atoms. The summed E-state index contributed by atoms with van der Waals surface area (Å²) in [6.07, 6.45) is 6.10. The predicted octanol–water partition coefficient (Wildman–Crippen LogP) is 1.32. The van der Waals surface area contributed by atoms with E-state index < -0.39 is 16.0 Å². The lowest BCUT2D eigenvalue weighted by Crippen LogP contribution is -2.32. The molecule has 6 heteroatoms. The van der Waals surface area contributed by atoms with Gasteiger partial charge in [-0.1, -0.05) is 31.1 Å². The smallest absolute Gasteiger partial charge is 0.243 e. The molecular weight excluding hydrogens is 302 g/mol. The van der Waals surface area contributed by atoms with Crippen molar-refractivity contribution >= 4 is 22.1 Å². The molecule has 5 nitrogen and oxygen atoms in total. The van der Waals surface area contributed by atoms with Gasteiger partial charge in [0, 0.05) is 13.1 Å². The summed E-state index contributed by atoms with van der Waals surface area (Å²) in [4.78, 5) is 10.7. The molecule has 1 aliphatic rings. The Kier molecular flexibility index (Phi) is 5.37. The van der Waals surface area contributed by atoms with Crippen molar-refractivity contribution in [3.63, 3.8) is 0 Å². The van der Waals surface area contributed by atoms with Gasteiger partial charge in [0.05, 0.1) is 10.9 Å². The molecule has 1 aliphatic heterocycles. The highest BCUT2D eigenvalue weighted by Gasteiger charge is 2.26. The number of sulfonamides is 1. The van der Waals surface area contributed by atoms with E-state index in [0.29, 0.717) is 24.2 Å². The summed E-state index contributed by atoms with van der Waals surface area (Å²) < 4.78 is 27.2. The SMILES string of the molecule is Cc1ccc(C=CC(=O)[O-])cc1S(=O)(=O)N1CCCCCC1. The van der Waals surface area contributed by atoms with Crippen LogP contribution in [0.1, 0.15) is 36.8 Å². The summed E-state index contributed by atoms with van der Waals surface area (Å²) in [5, 5.41) is 10.5. The Bertz CT molecular complexity index is 671. The Morgan fingerprint density at radius 1 is 1.18 bits per heavy atom. The van der Waals surface area contributed by atoms with Crippen LogP contribution < -0.4 is 5.11 Å². The monoisotopic (exact) mass is 322 g/mol. The quantitative estimate of drug-likeness (QED) is 0.783. The average Bonchev–Trinajstić information content (AvgIpc) is 2.75. The lowest BCUT2D eigenvalue weighted by Gasteiger charge is -2.21. The summed E-state index contributed by atoms with van der Waals surface area (Å²) in [5.74, 6) is -1.31. The van der Waals surface area contributed by atoms with E-state index in [2.05, 4.69) is 0 Å². The van der Waals surface area contributed by atoms with E-state index in [4.69, 9.17) is 0 Å². The van der Waals surface area contributed by atoms with Crippen molar-refractivity contribution < 1.29 is 18.3 Å². The minimum Gasteiger partial charge on any atom is -0.545 e. The molecule has 0 aliphatic carbocycles. The van der Waals surface area contributed by atoms with Crippen LogP contribution in [0.15, 0.2) is 29.2 Å². The number of carbonyl (C=O) groups excluding carboxylic acids is 1. The van der Waals surface area contributed by atoms with Crippen molar-refractivity contribution in [2.24, 2.45) is 0 Å². The molecule has 1 fully saturated rings. The Hall–Kier alpha value is -1.66. The van der Waals surface area contributed by atoms with Crippen LogP contribution in [0.3, 0.4) is 0 Å². The number of rotatable bonds is 4. The molecule has 0 N–H and O–H groups in total. The highest BCUT2D eigenvalue weighted by Crippen LogP contribution is 2.24. The van der Waals surface area contributed by atoms with Gasteiger partial charge in [0.15, 0.2) is 0 Å². The molecule has 1 heterocycles. The number of carboxylic acids is 1. The molecular formula is C16H20NO4S-. The summed E-state index contributed by atoms with van der Waals surface area (Å²) in [7, 11) is -3.54. The highest BCUT2D eigenvalue weighted by atomic mass is 32.2. The van der Waals surface area contributed by atoms with Crippen molar-refractivity contribution in [3.05, 3.63) is 35.4 Å². The Balaban J connectivity index is 2.36. The fraction of sp³-hybridized carbons (Fsp3) is 0.438. The third kappa shape index (κ3) is 3.96. The molecule has 1 aromatic carbocycles. The minimum atomic E-state index is -3.54. The molecule has 22 heavy (non-hydrogen) atoms. The first-order valence-electron chi connectivity index (χ1n) is 7.41. The second kappa shape index (κ2) is 7.07. The fourth-order valence-electron chi connectivity index (χ4n) is 2.58. The zero-order chi connectivity index (χ0) is 16.2. The third-order valence-corrected chi connectivity index (χ3v) is 5.85. The number of carbonyl (C=O) groups is 1. The van der Waals surface area contributed by atoms with Crippen molar-refractivity contribution in [1.82, 2.24) is 4.31 Å². The second-order valence-corrected chi connectivity index (χ2v) is 7.40. The molecule has 0 radical (unpaired) electrons. The van der Waals surface area contributed by atoms with Crippen LogP contribution in [0.25, 0.3) is 6.08 Å². The first kappa shape index (κ1) is 16.7. The van der Waals surface area contributed by atoms with Crippen molar-refractivity contribution in [3.8, 4) is 0 Å². The van der Waals surface area contributed by atoms with Gasteiger partial charge in [-0.15, -0.1) is 0 Å². The predicted molar refractivity (Wildman–Crippen MR) is 82.4 cm³/mol. The topological polar surface area (TPSA) is 77.5 Å². The second-order valence-electron chi connectivity index (χ2n) is 5.50. The zero-order valence-electron chi connectivity index (χ0n) is 12.6. The van der Waals surface area contributed by atoms with Crippen LogP contribution >= 0.6 is 0 Å². The van der Waals surface area contributed by atoms with E-state index in [9.17, 15) is 18.3 Å². The standard InChI is InChI=1S/C16H21NO4S/c1-13-6-7-14(8-9-16(18)19)12-15(13)22(20,21)17-10-4-2-3-5-11-17/h6-9,12H,2-5,10-11H2,1H3,(H,18,19)/p-1. The zero-order valence-corrected chi connectivity index (χ0v) is 13.4. The molecule has 0 unspecified atom stereocenters. The van der Waals surface area contributed by atoms with Gasteiger partial charge in [0.1, 0.15) is 0 Å². The number of hydrogen-bond acceptors (Lipinski definition) is 4. The molecule has 1 saturated heterocycles. The molecule has 2 rings (SSSR count). The molecule has 0 atom stereocenters.